The second-order valence-electron chi connectivity index (χ2n) is 9.91. The Balaban J connectivity index is 1.21. The number of amides is 1. The summed E-state index contributed by atoms with van der Waals surface area (Å²) in [6.07, 6.45) is 0.307. The highest BCUT2D eigenvalue weighted by Gasteiger charge is 2.16. The molecule has 0 atom stereocenters. The number of benzene rings is 4. The first-order valence-electron chi connectivity index (χ1n) is 13.3. The standard InChI is InChI=1S/C34H24FN5O/c35-24-14-12-22(13-15-24)26-10-5-11-29-27(26)20-31(37-29)34-33-30(39-40-34)17-16-28(38-33)23-8-4-9-25(19-23)36-32(41)18-21-6-2-1-3-7-21/h1-17,19-20,37H,18H2,(H,36,41)(H,39,40). The van der Waals surface area contributed by atoms with Gasteiger partial charge < -0.3 is 10.3 Å². The Morgan fingerprint density at radius 2 is 1.61 bits per heavy atom. The number of hydrogen-bond donors (Lipinski definition) is 3. The number of aromatic nitrogens is 4. The highest BCUT2D eigenvalue weighted by atomic mass is 19.1. The van der Waals surface area contributed by atoms with Gasteiger partial charge in [-0.25, -0.2) is 9.37 Å². The number of pyridine rings is 1. The third-order valence-electron chi connectivity index (χ3n) is 7.13. The summed E-state index contributed by atoms with van der Waals surface area (Å²) >= 11 is 0. The van der Waals surface area contributed by atoms with Crippen molar-refractivity contribution in [3.63, 3.8) is 0 Å². The van der Waals surface area contributed by atoms with E-state index in [1.807, 2.05) is 84.9 Å². The van der Waals surface area contributed by atoms with Gasteiger partial charge in [0.1, 0.15) is 17.0 Å². The van der Waals surface area contributed by atoms with Crippen LogP contribution in [0.15, 0.2) is 115 Å². The maximum absolute atomic E-state index is 13.5. The molecule has 7 rings (SSSR count). The average Bonchev–Trinajstić information content (AvgIpc) is 3.62. The van der Waals surface area contributed by atoms with E-state index >= 15 is 0 Å². The van der Waals surface area contributed by atoms with E-state index in [0.29, 0.717) is 17.8 Å². The summed E-state index contributed by atoms with van der Waals surface area (Å²) in [7, 11) is 0. The molecule has 0 aliphatic carbocycles. The molecule has 3 N–H and O–H groups in total. The topological polar surface area (TPSA) is 86.5 Å². The number of nitrogens with one attached hydrogen (secondary N) is 3. The van der Waals surface area contributed by atoms with Crippen molar-refractivity contribution in [3.05, 3.63) is 127 Å². The van der Waals surface area contributed by atoms with Crippen molar-refractivity contribution < 1.29 is 9.18 Å². The molecule has 3 heterocycles. The second kappa shape index (κ2) is 10.2. The van der Waals surface area contributed by atoms with Gasteiger partial charge in [-0.3, -0.25) is 9.89 Å². The van der Waals surface area contributed by atoms with Crippen LogP contribution in [-0.4, -0.2) is 26.1 Å². The zero-order valence-corrected chi connectivity index (χ0v) is 21.9. The molecular weight excluding hydrogens is 513 g/mol. The van der Waals surface area contributed by atoms with Crippen LogP contribution in [0.1, 0.15) is 5.56 Å². The maximum Gasteiger partial charge on any atom is 0.228 e. The minimum Gasteiger partial charge on any atom is -0.353 e. The molecule has 198 valence electrons. The molecule has 7 aromatic rings. The van der Waals surface area contributed by atoms with Gasteiger partial charge in [0, 0.05) is 22.2 Å². The van der Waals surface area contributed by atoms with Crippen LogP contribution in [0.5, 0.6) is 0 Å². The molecule has 4 aromatic carbocycles. The normalized spacial score (nSPS) is 11.2. The zero-order chi connectivity index (χ0) is 27.8. The van der Waals surface area contributed by atoms with Crippen LogP contribution in [0.25, 0.3) is 55.7 Å². The largest absolute Gasteiger partial charge is 0.353 e. The lowest BCUT2D eigenvalue weighted by Crippen LogP contribution is -2.14. The third kappa shape index (κ3) is 4.85. The van der Waals surface area contributed by atoms with Crippen LogP contribution in [0.3, 0.4) is 0 Å². The monoisotopic (exact) mass is 537 g/mol. The average molecular weight is 538 g/mol. The molecule has 0 saturated heterocycles. The Labute approximate surface area is 234 Å². The minimum absolute atomic E-state index is 0.0762. The lowest BCUT2D eigenvalue weighted by atomic mass is 10.0. The van der Waals surface area contributed by atoms with Gasteiger partial charge in [0.25, 0.3) is 0 Å². The van der Waals surface area contributed by atoms with E-state index in [2.05, 4.69) is 26.6 Å². The second-order valence-corrected chi connectivity index (χ2v) is 9.91. The Bertz CT molecular complexity index is 2030. The molecule has 0 aliphatic rings. The number of aromatic amines is 2. The molecule has 0 fully saturated rings. The SMILES string of the molecule is O=C(Cc1ccccc1)Nc1cccc(-c2ccc3[nH]nc(-c4cc5c(-c6ccc(F)cc6)cccc5[nH]4)c3n2)c1. The summed E-state index contributed by atoms with van der Waals surface area (Å²) in [6, 6.07) is 35.8. The highest BCUT2D eigenvalue weighted by molar-refractivity contribution is 6.00. The van der Waals surface area contributed by atoms with E-state index in [1.54, 1.807) is 12.1 Å². The van der Waals surface area contributed by atoms with Gasteiger partial charge in [-0.1, -0.05) is 66.7 Å². The summed E-state index contributed by atoms with van der Waals surface area (Å²) in [6.45, 7) is 0. The third-order valence-corrected chi connectivity index (χ3v) is 7.13. The van der Waals surface area contributed by atoms with Gasteiger partial charge in [0.2, 0.25) is 5.91 Å². The van der Waals surface area contributed by atoms with Gasteiger partial charge in [-0.2, -0.15) is 5.10 Å². The smallest absolute Gasteiger partial charge is 0.228 e. The number of halogens is 1. The van der Waals surface area contributed by atoms with Gasteiger partial charge in [-0.05, 0) is 65.2 Å². The van der Waals surface area contributed by atoms with Crippen molar-refractivity contribution in [2.45, 2.75) is 6.42 Å². The first-order valence-corrected chi connectivity index (χ1v) is 13.3. The Kier molecular flexibility index (Phi) is 6.09. The number of carbonyl (C=O) groups is 1. The molecule has 1 amide bonds. The summed E-state index contributed by atoms with van der Waals surface area (Å²) in [5.74, 6) is -0.339. The Morgan fingerprint density at radius 3 is 2.46 bits per heavy atom. The first kappa shape index (κ1) is 24.5. The minimum atomic E-state index is -0.263. The van der Waals surface area contributed by atoms with Crippen molar-refractivity contribution in [2.75, 3.05) is 5.32 Å². The first-order chi connectivity index (χ1) is 20.1. The Morgan fingerprint density at radius 1 is 0.780 bits per heavy atom. The number of fused-ring (bicyclic) bond motifs is 2. The molecule has 0 saturated carbocycles. The maximum atomic E-state index is 13.5. The van der Waals surface area contributed by atoms with E-state index in [-0.39, 0.29) is 11.7 Å². The number of anilines is 1. The molecule has 6 nitrogen and oxygen atoms in total. The fraction of sp³-hybridized carbons (Fsp3) is 0.0294. The lowest BCUT2D eigenvalue weighted by molar-refractivity contribution is -0.115. The quantitative estimate of drug-likeness (QED) is 0.203. The van der Waals surface area contributed by atoms with Crippen molar-refractivity contribution in [2.24, 2.45) is 0 Å². The van der Waals surface area contributed by atoms with E-state index in [1.165, 1.54) is 12.1 Å². The summed E-state index contributed by atoms with van der Waals surface area (Å²) in [5.41, 5.74) is 9.29. The van der Waals surface area contributed by atoms with Crippen LogP contribution >= 0.6 is 0 Å². The Hall–Kier alpha value is -5.56. The number of rotatable bonds is 6. The predicted molar refractivity (Wildman–Crippen MR) is 161 cm³/mol. The van der Waals surface area contributed by atoms with Gasteiger partial charge in [-0.15, -0.1) is 0 Å². The summed E-state index contributed by atoms with van der Waals surface area (Å²) < 4.78 is 13.5. The molecule has 7 heteroatoms. The van der Waals surface area contributed by atoms with Crippen molar-refractivity contribution in [1.29, 1.82) is 0 Å². The van der Waals surface area contributed by atoms with Crippen LogP contribution < -0.4 is 5.32 Å². The van der Waals surface area contributed by atoms with Crippen molar-refractivity contribution in [3.8, 4) is 33.8 Å². The molecule has 3 aromatic heterocycles. The molecule has 0 unspecified atom stereocenters. The highest BCUT2D eigenvalue weighted by Crippen LogP contribution is 2.34. The molecule has 41 heavy (non-hydrogen) atoms. The van der Waals surface area contributed by atoms with E-state index < -0.39 is 0 Å². The van der Waals surface area contributed by atoms with Gasteiger partial charge >= 0.3 is 0 Å². The number of nitrogens with zero attached hydrogens (tertiary/aromatic N) is 2. The fourth-order valence-electron chi connectivity index (χ4n) is 5.15. The summed E-state index contributed by atoms with van der Waals surface area (Å²) in [4.78, 5) is 21.1. The molecule has 0 bridgehead atoms. The zero-order valence-electron chi connectivity index (χ0n) is 21.9. The van der Waals surface area contributed by atoms with Crippen LogP contribution in [0.2, 0.25) is 0 Å². The number of carbonyl (C=O) groups excluding carboxylic acids is 1. The number of H-pyrrole nitrogens is 2. The molecular formula is C34H24FN5O. The summed E-state index contributed by atoms with van der Waals surface area (Å²) in [5, 5.41) is 11.7. The van der Waals surface area contributed by atoms with Crippen LogP contribution in [-0.2, 0) is 11.2 Å². The van der Waals surface area contributed by atoms with Gasteiger partial charge in [0.05, 0.1) is 23.3 Å². The van der Waals surface area contributed by atoms with E-state index in [4.69, 9.17) is 4.98 Å². The molecule has 0 aliphatic heterocycles. The van der Waals surface area contributed by atoms with Crippen LogP contribution in [0.4, 0.5) is 10.1 Å². The van der Waals surface area contributed by atoms with Crippen molar-refractivity contribution in [1.82, 2.24) is 20.2 Å². The molecule has 0 radical (unpaired) electrons. The van der Waals surface area contributed by atoms with E-state index in [9.17, 15) is 9.18 Å². The predicted octanol–water partition coefficient (Wildman–Crippen LogP) is 7.76. The lowest BCUT2D eigenvalue weighted by Gasteiger charge is -2.08. The van der Waals surface area contributed by atoms with Crippen LogP contribution in [0, 0.1) is 5.82 Å². The molecule has 0 spiro atoms. The fourth-order valence-corrected chi connectivity index (χ4v) is 5.15. The number of hydrogen-bond acceptors (Lipinski definition) is 3. The van der Waals surface area contributed by atoms with Crippen molar-refractivity contribution >= 4 is 33.5 Å². The van der Waals surface area contributed by atoms with Gasteiger partial charge in [0.15, 0.2) is 0 Å². The van der Waals surface area contributed by atoms with E-state index in [0.717, 1.165) is 55.6 Å².